The second kappa shape index (κ2) is 6.05. The molecule has 4 nitrogen and oxygen atoms in total. The quantitative estimate of drug-likeness (QED) is 0.733. The topological polar surface area (TPSA) is 44.1 Å². The minimum absolute atomic E-state index is 0.230. The number of carbonyl (C=O) groups is 1. The summed E-state index contributed by atoms with van der Waals surface area (Å²) in [5.41, 5.74) is 3.24. The Morgan fingerprint density at radius 2 is 1.67 bits per heavy atom. The summed E-state index contributed by atoms with van der Waals surface area (Å²) in [7, 11) is 0. The highest BCUT2D eigenvalue weighted by molar-refractivity contribution is 5.69. The SMILES string of the molecule is O=C(OCc1ccc(-c2ccccc2)cc1)n1cccn1. The zero-order valence-corrected chi connectivity index (χ0v) is 11.3. The van der Waals surface area contributed by atoms with E-state index < -0.39 is 6.09 Å². The van der Waals surface area contributed by atoms with Gasteiger partial charge in [0.25, 0.3) is 0 Å². The highest BCUT2D eigenvalue weighted by atomic mass is 16.6. The van der Waals surface area contributed by atoms with Crippen LogP contribution < -0.4 is 0 Å². The van der Waals surface area contributed by atoms with Gasteiger partial charge in [-0.25, -0.2) is 4.79 Å². The number of hydrogen-bond acceptors (Lipinski definition) is 3. The molecular formula is C17H14N2O2. The van der Waals surface area contributed by atoms with Crippen LogP contribution in [-0.2, 0) is 11.3 Å². The Bertz CT molecular complexity index is 704. The van der Waals surface area contributed by atoms with Gasteiger partial charge in [0.2, 0.25) is 0 Å². The van der Waals surface area contributed by atoms with Crippen LogP contribution >= 0.6 is 0 Å². The van der Waals surface area contributed by atoms with Crippen molar-refractivity contribution in [2.24, 2.45) is 0 Å². The van der Waals surface area contributed by atoms with Gasteiger partial charge >= 0.3 is 6.09 Å². The summed E-state index contributed by atoms with van der Waals surface area (Å²) >= 11 is 0. The molecule has 0 fully saturated rings. The molecule has 1 heterocycles. The third kappa shape index (κ3) is 3.17. The van der Waals surface area contributed by atoms with Crippen LogP contribution in [0.25, 0.3) is 11.1 Å². The second-order valence-electron chi connectivity index (χ2n) is 4.57. The van der Waals surface area contributed by atoms with Gasteiger partial charge in [0.05, 0.1) is 0 Å². The number of aromatic nitrogens is 2. The largest absolute Gasteiger partial charge is 0.443 e. The van der Waals surface area contributed by atoms with Gasteiger partial charge in [-0.1, -0.05) is 54.6 Å². The summed E-state index contributed by atoms with van der Waals surface area (Å²) in [5.74, 6) is 0. The average molecular weight is 278 g/mol. The Labute approximate surface area is 122 Å². The maximum atomic E-state index is 11.6. The van der Waals surface area contributed by atoms with E-state index >= 15 is 0 Å². The van der Waals surface area contributed by atoms with E-state index in [1.165, 1.54) is 10.9 Å². The number of carbonyl (C=O) groups excluding carboxylic acids is 1. The van der Waals surface area contributed by atoms with Crippen LogP contribution in [0.15, 0.2) is 73.1 Å². The molecule has 3 aromatic rings. The molecule has 0 atom stereocenters. The molecule has 0 N–H and O–H groups in total. The van der Waals surface area contributed by atoms with Crippen molar-refractivity contribution in [2.45, 2.75) is 6.61 Å². The van der Waals surface area contributed by atoms with E-state index in [9.17, 15) is 4.79 Å². The molecule has 3 rings (SSSR count). The lowest BCUT2D eigenvalue weighted by molar-refractivity contribution is 0.138. The minimum Gasteiger partial charge on any atom is -0.443 e. The third-order valence-electron chi connectivity index (χ3n) is 3.11. The molecule has 104 valence electrons. The summed E-state index contributed by atoms with van der Waals surface area (Å²) < 4.78 is 6.34. The third-order valence-corrected chi connectivity index (χ3v) is 3.11. The van der Waals surface area contributed by atoms with E-state index in [1.54, 1.807) is 12.3 Å². The monoisotopic (exact) mass is 278 g/mol. The fourth-order valence-electron chi connectivity index (χ4n) is 2.01. The highest BCUT2D eigenvalue weighted by Gasteiger charge is 2.05. The van der Waals surface area contributed by atoms with Crippen molar-refractivity contribution in [3.63, 3.8) is 0 Å². The Morgan fingerprint density at radius 3 is 2.33 bits per heavy atom. The normalized spacial score (nSPS) is 10.3. The highest BCUT2D eigenvalue weighted by Crippen LogP contribution is 2.19. The van der Waals surface area contributed by atoms with Gasteiger partial charge in [-0.15, -0.1) is 0 Å². The van der Waals surface area contributed by atoms with E-state index in [4.69, 9.17) is 4.74 Å². The number of ether oxygens (including phenoxy) is 1. The standard InChI is InChI=1S/C17H14N2O2/c20-17(19-12-4-11-18-19)21-13-14-7-9-16(10-8-14)15-5-2-1-3-6-15/h1-12H,13H2. The summed E-state index contributed by atoms with van der Waals surface area (Å²) in [6.45, 7) is 0.230. The first-order valence-electron chi connectivity index (χ1n) is 6.64. The summed E-state index contributed by atoms with van der Waals surface area (Å²) in [4.78, 5) is 11.6. The Morgan fingerprint density at radius 1 is 0.952 bits per heavy atom. The fraction of sp³-hybridized carbons (Fsp3) is 0.0588. The predicted molar refractivity (Wildman–Crippen MR) is 79.7 cm³/mol. The zero-order valence-electron chi connectivity index (χ0n) is 11.3. The predicted octanol–water partition coefficient (Wildman–Crippen LogP) is 3.74. The lowest BCUT2D eigenvalue weighted by atomic mass is 10.0. The number of hydrogen-bond donors (Lipinski definition) is 0. The molecule has 4 heteroatoms. The van der Waals surface area contributed by atoms with E-state index in [0.717, 1.165) is 16.7 Å². The van der Waals surface area contributed by atoms with Crippen molar-refractivity contribution < 1.29 is 9.53 Å². The van der Waals surface area contributed by atoms with Gasteiger partial charge in [0, 0.05) is 12.4 Å². The van der Waals surface area contributed by atoms with Crippen LogP contribution in [0.3, 0.4) is 0 Å². The first kappa shape index (κ1) is 13.1. The fourth-order valence-corrected chi connectivity index (χ4v) is 2.01. The van der Waals surface area contributed by atoms with Crippen LogP contribution in [0.2, 0.25) is 0 Å². The lowest BCUT2D eigenvalue weighted by Crippen LogP contribution is -2.13. The number of benzene rings is 2. The minimum atomic E-state index is -0.480. The average Bonchev–Trinajstić information content (AvgIpc) is 3.08. The first-order chi connectivity index (χ1) is 10.3. The van der Waals surface area contributed by atoms with Crippen molar-refractivity contribution in [3.8, 4) is 11.1 Å². The van der Waals surface area contributed by atoms with Crippen molar-refractivity contribution in [1.29, 1.82) is 0 Å². The molecule has 0 radical (unpaired) electrons. The molecule has 0 bridgehead atoms. The van der Waals surface area contributed by atoms with Crippen LogP contribution in [0.4, 0.5) is 4.79 Å². The van der Waals surface area contributed by atoms with Crippen LogP contribution in [0.1, 0.15) is 5.56 Å². The molecule has 21 heavy (non-hydrogen) atoms. The van der Waals surface area contributed by atoms with Crippen molar-refractivity contribution in [2.75, 3.05) is 0 Å². The molecule has 0 saturated heterocycles. The van der Waals surface area contributed by atoms with Crippen molar-refractivity contribution in [3.05, 3.63) is 78.6 Å². The van der Waals surface area contributed by atoms with Gasteiger partial charge in [-0.05, 0) is 22.8 Å². The molecule has 0 aliphatic heterocycles. The number of rotatable bonds is 3. The smallest absolute Gasteiger partial charge is 0.434 e. The van der Waals surface area contributed by atoms with Gasteiger partial charge in [0.1, 0.15) is 6.61 Å². The lowest BCUT2D eigenvalue weighted by Gasteiger charge is -2.06. The van der Waals surface area contributed by atoms with Crippen LogP contribution in [0, 0.1) is 0 Å². The summed E-state index contributed by atoms with van der Waals surface area (Å²) in [6.07, 6.45) is 2.61. The Hall–Kier alpha value is -2.88. The molecule has 0 spiro atoms. The molecule has 1 aromatic heterocycles. The molecule has 0 aliphatic rings. The number of nitrogens with zero attached hydrogens (tertiary/aromatic N) is 2. The molecule has 2 aromatic carbocycles. The molecule has 0 aliphatic carbocycles. The summed E-state index contributed by atoms with van der Waals surface area (Å²) in [6, 6.07) is 19.8. The summed E-state index contributed by atoms with van der Waals surface area (Å²) in [5, 5.41) is 3.82. The van der Waals surface area contributed by atoms with Gasteiger partial charge < -0.3 is 4.74 Å². The van der Waals surface area contributed by atoms with Gasteiger partial charge in [-0.2, -0.15) is 9.78 Å². The van der Waals surface area contributed by atoms with Crippen LogP contribution in [0.5, 0.6) is 0 Å². The Balaban J connectivity index is 1.64. The molecular weight excluding hydrogens is 264 g/mol. The molecule has 0 unspecified atom stereocenters. The van der Waals surface area contributed by atoms with E-state index in [2.05, 4.69) is 17.2 Å². The van der Waals surface area contributed by atoms with Gasteiger partial charge in [0.15, 0.2) is 0 Å². The first-order valence-corrected chi connectivity index (χ1v) is 6.64. The van der Waals surface area contributed by atoms with E-state index in [0.29, 0.717) is 0 Å². The Kier molecular flexibility index (Phi) is 3.78. The molecule has 0 saturated carbocycles. The van der Waals surface area contributed by atoms with Crippen molar-refractivity contribution in [1.82, 2.24) is 9.78 Å². The zero-order chi connectivity index (χ0) is 14.5. The maximum absolute atomic E-state index is 11.6. The van der Waals surface area contributed by atoms with Gasteiger partial charge in [-0.3, -0.25) is 0 Å². The second-order valence-corrected chi connectivity index (χ2v) is 4.57. The van der Waals surface area contributed by atoms with Crippen LogP contribution in [-0.4, -0.2) is 15.9 Å². The molecule has 0 amide bonds. The van der Waals surface area contributed by atoms with Crippen molar-refractivity contribution >= 4 is 6.09 Å². The van der Waals surface area contributed by atoms with E-state index in [-0.39, 0.29) is 6.61 Å². The van der Waals surface area contributed by atoms with E-state index in [1.807, 2.05) is 42.5 Å². The maximum Gasteiger partial charge on any atom is 0.434 e.